The number of methoxy groups -OCH3 is 1. The lowest BCUT2D eigenvalue weighted by Gasteiger charge is -2.33. The Labute approximate surface area is 122 Å². The number of rotatable bonds is 5. The first-order chi connectivity index (χ1) is 8.89. The summed E-state index contributed by atoms with van der Waals surface area (Å²) in [6.45, 7) is 13.6. The summed E-state index contributed by atoms with van der Waals surface area (Å²) in [5.41, 5.74) is -0.702. The van der Waals surface area contributed by atoms with E-state index in [0.717, 1.165) is 0 Å². The molecule has 1 amide bonds. The topological polar surface area (TPSA) is 64.6 Å². The summed E-state index contributed by atoms with van der Waals surface area (Å²) in [7, 11) is 1.31. The van der Waals surface area contributed by atoms with Crippen LogP contribution in [-0.2, 0) is 14.3 Å². The molecule has 0 spiro atoms. The molecule has 0 bridgehead atoms. The Morgan fingerprint density at radius 1 is 1.10 bits per heavy atom. The van der Waals surface area contributed by atoms with Gasteiger partial charge in [0.15, 0.2) is 0 Å². The lowest BCUT2D eigenvalue weighted by Crippen LogP contribution is -2.46. The number of esters is 1. The molecule has 118 valence electrons. The third-order valence-corrected chi connectivity index (χ3v) is 3.47. The van der Waals surface area contributed by atoms with E-state index in [1.807, 2.05) is 0 Å². The van der Waals surface area contributed by atoms with Crippen molar-refractivity contribution in [3.63, 3.8) is 0 Å². The van der Waals surface area contributed by atoms with Crippen LogP contribution in [0.3, 0.4) is 0 Å². The highest BCUT2D eigenvalue weighted by Crippen LogP contribution is 2.31. The van der Waals surface area contributed by atoms with Crippen molar-refractivity contribution >= 4 is 12.1 Å². The molecule has 0 rings (SSSR count). The Bertz CT molecular complexity index is 342. The van der Waals surface area contributed by atoms with Gasteiger partial charge in [0.2, 0.25) is 0 Å². The highest BCUT2D eigenvalue weighted by atomic mass is 16.6. The molecule has 1 N–H and O–H groups in total. The van der Waals surface area contributed by atoms with Gasteiger partial charge in [0.25, 0.3) is 0 Å². The van der Waals surface area contributed by atoms with Crippen molar-refractivity contribution in [3.8, 4) is 0 Å². The molecule has 0 aliphatic carbocycles. The molecule has 0 aromatic heterocycles. The molecular formula is C15H29NO4. The second-order valence-corrected chi connectivity index (χ2v) is 7.07. The molecule has 20 heavy (non-hydrogen) atoms. The largest absolute Gasteiger partial charge is 0.467 e. The quantitative estimate of drug-likeness (QED) is 0.789. The Hall–Kier alpha value is -1.26. The third-order valence-electron chi connectivity index (χ3n) is 3.47. The highest BCUT2D eigenvalue weighted by Gasteiger charge is 2.33. The van der Waals surface area contributed by atoms with Gasteiger partial charge in [0, 0.05) is 0 Å². The fraction of sp³-hybridized carbons (Fsp3) is 0.867. The average Bonchev–Trinajstić information content (AvgIpc) is 2.23. The summed E-state index contributed by atoms with van der Waals surface area (Å²) in [4.78, 5) is 23.6. The summed E-state index contributed by atoms with van der Waals surface area (Å²) >= 11 is 0. The van der Waals surface area contributed by atoms with Gasteiger partial charge in [-0.05, 0) is 38.5 Å². The first kappa shape index (κ1) is 18.7. The third kappa shape index (κ3) is 6.78. The van der Waals surface area contributed by atoms with E-state index in [1.165, 1.54) is 7.11 Å². The van der Waals surface area contributed by atoms with Gasteiger partial charge in [-0.1, -0.05) is 27.7 Å². The lowest BCUT2D eigenvalue weighted by molar-refractivity contribution is -0.144. The van der Waals surface area contributed by atoms with Crippen LogP contribution in [0.15, 0.2) is 0 Å². The van der Waals surface area contributed by atoms with Crippen LogP contribution in [0.25, 0.3) is 0 Å². The zero-order chi connectivity index (χ0) is 16.1. The minimum Gasteiger partial charge on any atom is -0.467 e. The maximum absolute atomic E-state index is 11.8. The van der Waals surface area contributed by atoms with Crippen LogP contribution in [0, 0.1) is 11.3 Å². The second kappa shape index (κ2) is 6.95. The number of carbonyl (C=O) groups is 2. The molecule has 0 unspecified atom stereocenters. The maximum atomic E-state index is 11.8. The Balaban J connectivity index is 4.84. The van der Waals surface area contributed by atoms with Gasteiger partial charge in [0.1, 0.15) is 11.6 Å². The molecule has 0 aliphatic heterocycles. The molecule has 0 aromatic rings. The van der Waals surface area contributed by atoms with Crippen molar-refractivity contribution in [2.45, 2.75) is 66.5 Å². The van der Waals surface area contributed by atoms with Gasteiger partial charge in [0.05, 0.1) is 7.11 Å². The molecule has 0 heterocycles. The first-order valence-electron chi connectivity index (χ1n) is 6.96. The molecule has 0 aliphatic rings. The fourth-order valence-electron chi connectivity index (χ4n) is 1.55. The number of carbonyl (C=O) groups excluding carboxylic acids is 2. The molecule has 0 saturated carbocycles. The van der Waals surface area contributed by atoms with Crippen molar-refractivity contribution in [1.29, 1.82) is 0 Å². The minimum atomic E-state index is -0.702. The van der Waals surface area contributed by atoms with Crippen molar-refractivity contribution in [3.05, 3.63) is 0 Å². The van der Waals surface area contributed by atoms with Gasteiger partial charge in [-0.15, -0.1) is 0 Å². The van der Waals surface area contributed by atoms with E-state index < -0.39 is 23.7 Å². The molecule has 5 nitrogen and oxygen atoms in total. The molecule has 0 radical (unpaired) electrons. The van der Waals surface area contributed by atoms with Crippen LogP contribution in [0.2, 0.25) is 0 Å². The minimum absolute atomic E-state index is 0.103. The van der Waals surface area contributed by atoms with E-state index in [9.17, 15) is 9.59 Å². The monoisotopic (exact) mass is 287 g/mol. The summed E-state index contributed by atoms with van der Waals surface area (Å²) in [6.07, 6.45) is -0.108. The van der Waals surface area contributed by atoms with Gasteiger partial charge in [-0.25, -0.2) is 9.59 Å². The Morgan fingerprint density at radius 2 is 1.60 bits per heavy atom. The van der Waals surface area contributed by atoms with E-state index >= 15 is 0 Å². The smallest absolute Gasteiger partial charge is 0.408 e. The van der Waals surface area contributed by atoms with Crippen LogP contribution in [0.1, 0.15) is 54.9 Å². The van der Waals surface area contributed by atoms with Gasteiger partial charge in [-0.2, -0.15) is 0 Å². The first-order valence-corrected chi connectivity index (χ1v) is 6.96. The van der Waals surface area contributed by atoms with Gasteiger partial charge < -0.3 is 14.8 Å². The molecular weight excluding hydrogens is 258 g/mol. The number of nitrogens with one attached hydrogen (secondary N) is 1. The van der Waals surface area contributed by atoms with Crippen LogP contribution >= 0.6 is 0 Å². The standard InChI is InChI=1S/C15H29NO4/c1-10(2)15(6,7)9-11(12(17)19-8)16-13(18)20-14(3,4)5/h10-11H,9H2,1-8H3,(H,16,18)/t11-/m1/s1. The van der Waals surface area contributed by atoms with E-state index in [2.05, 4.69) is 33.0 Å². The van der Waals surface area contributed by atoms with E-state index in [-0.39, 0.29) is 5.41 Å². The Morgan fingerprint density at radius 3 is 1.95 bits per heavy atom. The van der Waals surface area contributed by atoms with Crippen molar-refractivity contribution < 1.29 is 19.1 Å². The van der Waals surface area contributed by atoms with Crippen molar-refractivity contribution in [2.75, 3.05) is 7.11 Å². The SMILES string of the molecule is COC(=O)[C@@H](CC(C)(C)C(C)C)NC(=O)OC(C)(C)C. The maximum Gasteiger partial charge on any atom is 0.408 e. The molecule has 0 saturated heterocycles. The van der Waals surface area contributed by atoms with Gasteiger partial charge in [-0.3, -0.25) is 0 Å². The van der Waals surface area contributed by atoms with Crippen LogP contribution in [0.4, 0.5) is 4.79 Å². The second-order valence-electron chi connectivity index (χ2n) is 7.07. The summed E-state index contributed by atoms with van der Waals surface area (Å²) in [6, 6.07) is -0.702. The predicted octanol–water partition coefficient (Wildman–Crippen LogP) is 3.13. The summed E-state index contributed by atoms with van der Waals surface area (Å²) < 4.78 is 9.94. The van der Waals surface area contributed by atoms with E-state index in [0.29, 0.717) is 12.3 Å². The van der Waals surface area contributed by atoms with Gasteiger partial charge >= 0.3 is 12.1 Å². The Kier molecular flexibility index (Phi) is 6.51. The summed E-state index contributed by atoms with van der Waals surface area (Å²) in [5, 5.41) is 2.60. The number of hydrogen-bond donors (Lipinski definition) is 1. The molecule has 0 aromatic carbocycles. The summed E-state index contributed by atoms with van der Waals surface area (Å²) in [5.74, 6) is -0.0836. The van der Waals surface area contributed by atoms with E-state index in [4.69, 9.17) is 9.47 Å². The van der Waals surface area contributed by atoms with Crippen LogP contribution in [-0.4, -0.2) is 30.8 Å². The van der Waals surface area contributed by atoms with Crippen molar-refractivity contribution in [1.82, 2.24) is 5.32 Å². The lowest BCUT2D eigenvalue weighted by atomic mass is 9.76. The van der Waals surface area contributed by atoms with Crippen LogP contribution < -0.4 is 5.32 Å². The average molecular weight is 287 g/mol. The molecule has 1 atom stereocenters. The number of ether oxygens (including phenoxy) is 2. The highest BCUT2D eigenvalue weighted by molar-refractivity contribution is 5.81. The fourth-order valence-corrected chi connectivity index (χ4v) is 1.55. The van der Waals surface area contributed by atoms with E-state index in [1.54, 1.807) is 20.8 Å². The number of hydrogen-bond acceptors (Lipinski definition) is 4. The normalized spacial score (nSPS) is 13.8. The number of amides is 1. The zero-order valence-corrected chi connectivity index (χ0v) is 14.0. The predicted molar refractivity (Wildman–Crippen MR) is 78.4 cm³/mol. The molecule has 0 fully saturated rings. The van der Waals surface area contributed by atoms with Crippen molar-refractivity contribution in [2.24, 2.45) is 11.3 Å². The molecule has 5 heteroatoms. The number of alkyl carbamates (subject to hydrolysis) is 1. The zero-order valence-electron chi connectivity index (χ0n) is 14.0. The van der Waals surface area contributed by atoms with Crippen LogP contribution in [0.5, 0.6) is 0 Å².